The number of aromatic nitrogens is 2. The Hall–Kier alpha value is -1.56. The quantitative estimate of drug-likeness (QED) is 0.803. The Kier molecular flexibility index (Phi) is 3.54. The summed E-state index contributed by atoms with van der Waals surface area (Å²) in [7, 11) is 1.58. The summed E-state index contributed by atoms with van der Waals surface area (Å²) < 4.78 is 12.6. The molecule has 0 aliphatic heterocycles. The van der Waals surface area contributed by atoms with Gasteiger partial charge in [-0.15, -0.1) is 0 Å². The molecule has 5 nitrogen and oxygen atoms in total. The third-order valence-electron chi connectivity index (χ3n) is 2.43. The molecule has 0 aliphatic rings. The molecule has 0 saturated heterocycles. The standard InChI is InChI=1S/C13H15BrN2O3/c1-13(2,3)19-12(17)16-11-8(7-15-16)10(18-4)6-5-9(11)14/h5-7H,1-4H3. The van der Waals surface area contributed by atoms with Crippen molar-refractivity contribution in [3.05, 3.63) is 22.8 Å². The summed E-state index contributed by atoms with van der Waals surface area (Å²) in [5.74, 6) is 0.660. The normalized spacial score (nSPS) is 11.6. The fraction of sp³-hybridized carbons (Fsp3) is 0.385. The molecule has 0 aliphatic carbocycles. The van der Waals surface area contributed by atoms with Crippen LogP contribution in [-0.2, 0) is 4.74 Å². The number of carbonyl (C=O) groups excluding carboxylic acids is 1. The van der Waals surface area contributed by atoms with Crippen LogP contribution in [0, 0.1) is 0 Å². The summed E-state index contributed by atoms with van der Waals surface area (Å²) in [5.41, 5.74) is 0.0642. The zero-order valence-corrected chi connectivity index (χ0v) is 12.8. The average Bonchev–Trinajstić information content (AvgIpc) is 2.73. The fourth-order valence-electron chi connectivity index (χ4n) is 1.70. The van der Waals surface area contributed by atoms with Crippen molar-refractivity contribution in [3.8, 4) is 5.75 Å². The highest BCUT2D eigenvalue weighted by Crippen LogP contribution is 2.31. The van der Waals surface area contributed by atoms with Gasteiger partial charge in [0.25, 0.3) is 0 Å². The first-order valence-corrected chi connectivity index (χ1v) is 6.56. The Morgan fingerprint density at radius 1 is 1.37 bits per heavy atom. The van der Waals surface area contributed by atoms with Gasteiger partial charge in [-0.3, -0.25) is 0 Å². The van der Waals surface area contributed by atoms with Gasteiger partial charge >= 0.3 is 6.09 Å². The minimum atomic E-state index is -0.569. The molecule has 0 spiro atoms. The van der Waals surface area contributed by atoms with Gasteiger partial charge in [0.05, 0.1) is 24.2 Å². The number of methoxy groups -OCH3 is 1. The molecule has 0 bridgehead atoms. The SMILES string of the molecule is COc1ccc(Br)c2c1cnn2C(=O)OC(C)(C)C. The van der Waals surface area contributed by atoms with Crippen molar-refractivity contribution in [1.29, 1.82) is 0 Å². The van der Waals surface area contributed by atoms with Crippen molar-refractivity contribution >= 4 is 32.9 Å². The molecule has 1 heterocycles. The molecule has 0 amide bonds. The van der Waals surface area contributed by atoms with Gasteiger partial charge in [0.2, 0.25) is 0 Å². The molecule has 0 unspecified atom stereocenters. The smallest absolute Gasteiger partial charge is 0.435 e. The highest BCUT2D eigenvalue weighted by atomic mass is 79.9. The van der Waals surface area contributed by atoms with Crippen molar-refractivity contribution < 1.29 is 14.3 Å². The van der Waals surface area contributed by atoms with E-state index in [1.165, 1.54) is 4.68 Å². The molecule has 6 heteroatoms. The molecular formula is C13H15BrN2O3. The van der Waals surface area contributed by atoms with E-state index < -0.39 is 11.7 Å². The number of halogens is 1. The Bertz CT molecular complexity index is 629. The highest BCUT2D eigenvalue weighted by Gasteiger charge is 2.22. The molecule has 1 aromatic heterocycles. The Morgan fingerprint density at radius 3 is 2.63 bits per heavy atom. The molecule has 102 valence electrons. The van der Waals surface area contributed by atoms with E-state index in [1.807, 2.05) is 32.9 Å². The predicted octanol–water partition coefficient (Wildman–Crippen LogP) is 3.59. The van der Waals surface area contributed by atoms with E-state index in [1.54, 1.807) is 13.3 Å². The second-order valence-electron chi connectivity index (χ2n) is 5.05. The zero-order chi connectivity index (χ0) is 14.2. The van der Waals surface area contributed by atoms with Crippen molar-refractivity contribution in [2.75, 3.05) is 7.11 Å². The van der Waals surface area contributed by atoms with Gasteiger partial charge in [-0.1, -0.05) is 0 Å². The first-order valence-electron chi connectivity index (χ1n) is 5.77. The summed E-state index contributed by atoms with van der Waals surface area (Å²) >= 11 is 3.41. The van der Waals surface area contributed by atoms with Gasteiger partial charge in [-0.2, -0.15) is 9.78 Å². The molecular weight excluding hydrogens is 312 g/mol. The monoisotopic (exact) mass is 326 g/mol. The van der Waals surface area contributed by atoms with Crippen LogP contribution in [-0.4, -0.2) is 28.6 Å². The maximum Gasteiger partial charge on any atom is 0.435 e. The molecule has 19 heavy (non-hydrogen) atoms. The number of hydrogen-bond acceptors (Lipinski definition) is 4. The van der Waals surface area contributed by atoms with E-state index in [0.29, 0.717) is 11.3 Å². The largest absolute Gasteiger partial charge is 0.496 e. The van der Waals surface area contributed by atoms with E-state index in [2.05, 4.69) is 21.0 Å². The second-order valence-corrected chi connectivity index (χ2v) is 5.90. The number of ether oxygens (including phenoxy) is 2. The van der Waals surface area contributed by atoms with Crippen LogP contribution in [0.4, 0.5) is 4.79 Å². The maximum atomic E-state index is 12.1. The molecule has 2 rings (SSSR count). The third-order valence-corrected chi connectivity index (χ3v) is 3.07. The molecule has 0 atom stereocenters. The van der Waals surface area contributed by atoms with Crippen LogP contribution < -0.4 is 4.74 Å². The van der Waals surface area contributed by atoms with Crippen LogP contribution in [0.1, 0.15) is 20.8 Å². The lowest BCUT2D eigenvalue weighted by Gasteiger charge is -2.19. The van der Waals surface area contributed by atoms with Gasteiger partial charge < -0.3 is 9.47 Å². The summed E-state index contributed by atoms with van der Waals surface area (Å²) in [5, 5.41) is 4.83. The predicted molar refractivity (Wildman–Crippen MR) is 75.6 cm³/mol. The minimum Gasteiger partial charge on any atom is -0.496 e. The fourth-order valence-corrected chi connectivity index (χ4v) is 2.21. The molecule has 2 aromatic rings. The second kappa shape index (κ2) is 4.85. The summed E-state index contributed by atoms with van der Waals surface area (Å²) in [6.07, 6.45) is 1.07. The molecule has 0 N–H and O–H groups in total. The number of carbonyl (C=O) groups is 1. The summed E-state index contributed by atoms with van der Waals surface area (Å²) in [6, 6.07) is 3.62. The van der Waals surface area contributed by atoms with E-state index >= 15 is 0 Å². The van der Waals surface area contributed by atoms with Crippen LogP contribution in [0.25, 0.3) is 10.9 Å². The lowest BCUT2D eigenvalue weighted by Crippen LogP contribution is -2.27. The van der Waals surface area contributed by atoms with E-state index in [-0.39, 0.29) is 0 Å². The van der Waals surface area contributed by atoms with Gasteiger partial charge in [-0.05, 0) is 48.8 Å². The van der Waals surface area contributed by atoms with Crippen LogP contribution in [0.3, 0.4) is 0 Å². The first kappa shape index (κ1) is 13.9. The number of nitrogens with zero attached hydrogens (tertiary/aromatic N) is 2. The Labute approximate surface area is 119 Å². The Morgan fingerprint density at radius 2 is 2.05 bits per heavy atom. The molecule has 0 fully saturated rings. The van der Waals surface area contributed by atoms with Crippen LogP contribution >= 0.6 is 15.9 Å². The molecule has 1 aromatic carbocycles. The summed E-state index contributed by atoms with van der Waals surface area (Å²) in [6.45, 7) is 5.44. The lowest BCUT2D eigenvalue weighted by atomic mass is 10.2. The highest BCUT2D eigenvalue weighted by molar-refractivity contribution is 9.10. The van der Waals surface area contributed by atoms with Crippen LogP contribution in [0.2, 0.25) is 0 Å². The van der Waals surface area contributed by atoms with E-state index in [0.717, 1.165) is 9.86 Å². The van der Waals surface area contributed by atoms with Gasteiger partial charge in [-0.25, -0.2) is 4.79 Å². The third kappa shape index (κ3) is 2.73. The number of hydrogen-bond donors (Lipinski definition) is 0. The van der Waals surface area contributed by atoms with E-state index in [9.17, 15) is 4.79 Å². The topological polar surface area (TPSA) is 53.4 Å². The van der Waals surface area contributed by atoms with Crippen molar-refractivity contribution in [3.63, 3.8) is 0 Å². The van der Waals surface area contributed by atoms with Crippen LogP contribution in [0.5, 0.6) is 5.75 Å². The maximum absolute atomic E-state index is 12.1. The van der Waals surface area contributed by atoms with E-state index in [4.69, 9.17) is 9.47 Å². The molecule has 0 radical (unpaired) electrons. The van der Waals surface area contributed by atoms with Gasteiger partial charge in [0.15, 0.2) is 0 Å². The zero-order valence-electron chi connectivity index (χ0n) is 11.2. The van der Waals surface area contributed by atoms with Gasteiger partial charge in [0, 0.05) is 4.47 Å². The number of benzene rings is 1. The Balaban J connectivity index is 2.54. The van der Waals surface area contributed by atoms with Crippen molar-refractivity contribution in [2.24, 2.45) is 0 Å². The summed E-state index contributed by atoms with van der Waals surface area (Å²) in [4.78, 5) is 12.1. The average molecular weight is 327 g/mol. The van der Waals surface area contributed by atoms with Crippen molar-refractivity contribution in [2.45, 2.75) is 26.4 Å². The van der Waals surface area contributed by atoms with Gasteiger partial charge in [0.1, 0.15) is 11.4 Å². The first-order chi connectivity index (χ1) is 8.83. The lowest BCUT2D eigenvalue weighted by molar-refractivity contribution is 0.0522. The van der Waals surface area contributed by atoms with Crippen LogP contribution in [0.15, 0.2) is 22.8 Å². The number of rotatable bonds is 1. The van der Waals surface area contributed by atoms with Crippen molar-refractivity contribution in [1.82, 2.24) is 9.78 Å². The minimum absolute atomic E-state index is 0.517. The number of fused-ring (bicyclic) bond motifs is 1. The molecule has 0 saturated carbocycles.